The largest absolute Gasteiger partial charge is 0.335 e. The molecule has 126 valence electrons. The summed E-state index contributed by atoms with van der Waals surface area (Å²) in [6.07, 6.45) is 4.14. The van der Waals surface area contributed by atoms with Crippen LogP contribution in [0.3, 0.4) is 0 Å². The van der Waals surface area contributed by atoms with Crippen molar-refractivity contribution in [2.24, 2.45) is 0 Å². The summed E-state index contributed by atoms with van der Waals surface area (Å²) < 4.78 is 0.838. The molecule has 0 saturated heterocycles. The number of hydrogen-bond acceptors (Lipinski definition) is 5. The van der Waals surface area contributed by atoms with Crippen LogP contribution in [0, 0.1) is 0 Å². The fourth-order valence-electron chi connectivity index (χ4n) is 2.65. The maximum atomic E-state index is 11.9. The molecule has 0 atom stereocenters. The van der Waals surface area contributed by atoms with Gasteiger partial charge in [-0.1, -0.05) is 40.9 Å². The predicted molar refractivity (Wildman–Crippen MR) is 89.9 cm³/mol. The van der Waals surface area contributed by atoms with Gasteiger partial charge in [0.05, 0.1) is 0 Å². The number of hydrogen-bond donors (Lipinski definition) is 2. The van der Waals surface area contributed by atoms with Gasteiger partial charge in [-0.25, -0.2) is 4.79 Å². The van der Waals surface area contributed by atoms with E-state index in [1.165, 1.54) is 0 Å². The fraction of sp³-hybridized carbons (Fsp3) is 0.400. The van der Waals surface area contributed by atoms with Crippen molar-refractivity contribution in [3.05, 3.63) is 28.7 Å². The van der Waals surface area contributed by atoms with E-state index < -0.39 is 11.9 Å². The quantitative estimate of drug-likeness (QED) is 0.826. The maximum absolute atomic E-state index is 11.9. The zero-order chi connectivity index (χ0) is 16.9. The minimum Gasteiger partial charge on any atom is -0.335 e. The maximum Gasteiger partial charge on any atom is 0.321 e. The van der Waals surface area contributed by atoms with Crippen molar-refractivity contribution in [2.45, 2.75) is 38.3 Å². The molecule has 0 aliphatic heterocycles. The first-order valence-electron chi connectivity index (χ1n) is 7.75. The molecule has 1 aliphatic rings. The Labute approximate surface area is 147 Å². The lowest BCUT2D eigenvalue weighted by Gasteiger charge is -2.11. The Balaban J connectivity index is 1.55. The van der Waals surface area contributed by atoms with E-state index >= 15 is 0 Å². The summed E-state index contributed by atoms with van der Waals surface area (Å²) in [5.41, 5.74) is 0.781. The highest BCUT2D eigenvalue weighted by molar-refractivity contribution is 9.10. The van der Waals surface area contributed by atoms with Gasteiger partial charge < -0.3 is 5.32 Å². The zero-order valence-electron chi connectivity index (χ0n) is 12.9. The lowest BCUT2D eigenvalue weighted by atomic mass is 10.2. The third-order valence-corrected chi connectivity index (χ3v) is 4.49. The number of benzene rings is 1. The van der Waals surface area contributed by atoms with Crippen LogP contribution in [-0.2, 0) is 11.3 Å². The average molecular weight is 393 g/mol. The van der Waals surface area contributed by atoms with E-state index in [2.05, 4.69) is 42.0 Å². The minimum atomic E-state index is -0.485. The van der Waals surface area contributed by atoms with Crippen molar-refractivity contribution in [3.63, 3.8) is 0 Å². The molecule has 0 unspecified atom stereocenters. The molecule has 8 nitrogen and oxygen atoms in total. The van der Waals surface area contributed by atoms with Gasteiger partial charge in [-0.2, -0.15) is 4.80 Å². The molecule has 1 aromatic heterocycles. The topological polar surface area (TPSA) is 102 Å². The van der Waals surface area contributed by atoms with Crippen molar-refractivity contribution in [1.29, 1.82) is 0 Å². The normalized spacial score (nSPS) is 14.5. The first-order chi connectivity index (χ1) is 11.6. The second-order valence-electron chi connectivity index (χ2n) is 5.63. The molecule has 24 heavy (non-hydrogen) atoms. The number of urea groups is 1. The number of aromatic nitrogens is 4. The molecule has 3 amide bonds. The van der Waals surface area contributed by atoms with Crippen molar-refractivity contribution >= 4 is 27.9 Å². The smallest absolute Gasteiger partial charge is 0.321 e. The summed E-state index contributed by atoms with van der Waals surface area (Å²) in [4.78, 5) is 24.8. The van der Waals surface area contributed by atoms with E-state index in [0.717, 1.165) is 40.5 Å². The number of rotatable bonds is 4. The van der Waals surface area contributed by atoms with Crippen LogP contribution in [0.4, 0.5) is 4.79 Å². The Morgan fingerprint density at radius 1 is 1.25 bits per heavy atom. The highest BCUT2D eigenvalue weighted by atomic mass is 79.9. The summed E-state index contributed by atoms with van der Waals surface area (Å²) >= 11 is 3.42. The molecule has 9 heteroatoms. The molecule has 0 bridgehead atoms. The number of imide groups is 1. The molecule has 1 saturated carbocycles. The van der Waals surface area contributed by atoms with Crippen LogP contribution < -0.4 is 10.6 Å². The summed E-state index contributed by atoms with van der Waals surface area (Å²) in [6.45, 7) is -0.171. The molecule has 1 aromatic carbocycles. The lowest BCUT2D eigenvalue weighted by molar-refractivity contribution is -0.121. The van der Waals surface area contributed by atoms with Gasteiger partial charge >= 0.3 is 6.03 Å². The van der Waals surface area contributed by atoms with E-state index in [9.17, 15) is 9.59 Å². The van der Waals surface area contributed by atoms with Gasteiger partial charge in [-0.05, 0) is 30.2 Å². The van der Waals surface area contributed by atoms with Gasteiger partial charge in [0.15, 0.2) is 0 Å². The van der Waals surface area contributed by atoms with Crippen LogP contribution in [0.25, 0.3) is 11.4 Å². The van der Waals surface area contributed by atoms with Crippen molar-refractivity contribution in [1.82, 2.24) is 30.8 Å². The Morgan fingerprint density at radius 2 is 2.00 bits per heavy atom. The molecular weight excluding hydrogens is 376 g/mol. The molecule has 1 fully saturated rings. The number of tetrazole rings is 1. The summed E-state index contributed by atoms with van der Waals surface area (Å²) in [5, 5.41) is 17.0. The number of amides is 3. The highest BCUT2D eigenvalue weighted by Gasteiger charge is 2.18. The van der Waals surface area contributed by atoms with Crippen LogP contribution in [0.2, 0.25) is 0 Å². The van der Waals surface area contributed by atoms with Gasteiger partial charge in [-0.3, -0.25) is 10.1 Å². The van der Waals surface area contributed by atoms with E-state index in [1.54, 1.807) is 0 Å². The first-order valence-corrected chi connectivity index (χ1v) is 8.54. The Bertz CT molecular complexity index is 741. The van der Waals surface area contributed by atoms with Crippen molar-refractivity contribution in [3.8, 4) is 11.4 Å². The van der Waals surface area contributed by atoms with Crippen molar-refractivity contribution < 1.29 is 9.59 Å². The second kappa shape index (κ2) is 7.52. The standard InChI is InChI=1S/C15H17BrN6O2/c16-12-8-4-3-7-11(12)14-19-21-22(20-14)9-13(23)18-15(24)17-10-5-1-2-6-10/h3-4,7-8,10H,1-2,5-6,9H2,(H2,17,18,23,24). The Kier molecular flexibility index (Phi) is 5.19. The molecule has 0 radical (unpaired) electrons. The van der Waals surface area contributed by atoms with Crippen molar-refractivity contribution in [2.75, 3.05) is 0 Å². The number of carbonyl (C=O) groups is 2. The summed E-state index contributed by atoms with van der Waals surface area (Å²) in [5.74, 6) is -0.0766. The highest BCUT2D eigenvalue weighted by Crippen LogP contribution is 2.24. The SMILES string of the molecule is O=C(Cn1nnc(-c2ccccc2Br)n1)NC(=O)NC1CCCC1. The number of nitrogens with one attached hydrogen (secondary N) is 2. The van der Waals surface area contributed by atoms with E-state index in [1.807, 2.05) is 24.3 Å². The Hall–Kier alpha value is -2.29. The van der Waals surface area contributed by atoms with E-state index in [-0.39, 0.29) is 12.6 Å². The van der Waals surface area contributed by atoms with Gasteiger partial charge in [-0.15, -0.1) is 10.2 Å². The van der Waals surface area contributed by atoms with Crippen LogP contribution in [0.5, 0.6) is 0 Å². The molecule has 2 N–H and O–H groups in total. The van der Waals surface area contributed by atoms with Crippen LogP contribution in [0.15, 0.2) is 28.7 Å². The lowest BCUT2D eigenvalue weighted by Crippen LogP contribution is -2.44. The minimum absolute atomic E-state index is 0.157. The van der Waals surface area contributed by atoms with Crippen LogP contribution in [0.1, 0.15) is 25.7 Å². The fourth-order valence-corrected chi connectivity index (χ4v) is 3.11. The van der Waals surface area contributed by atoms with E-state index in [0.29, 0.717) is 5.82 Å². The predicted octanol–water partition coefficient (Wildman–Crippen LogP) is 1.87. The summed E-state index contributed by atoms with van der Waals surface area (Å²) in [6, 6.07) is 7.15. The van der Waals surface area contributed by atoms with Crippen LogP contribution >= 0.6 is 15.9 Å². The Morgan fingerprint density at radius 3 is 2.75 bits per heavy atom. The third kappa shape index (κ3) is 4.16. The first kappa shape index (κ1) is 16.6. The molecule has 3 rings (SSSR count). The van der Waals surface area contributed by atoms with Crippen LogP contribution in [-0.4, -0.2) is 38.2 Å². The van der Waals surface area contributed by atoms with Gasteiger partial charge in [0.2, 0.25) is 5.82 Å². The number of halogens is 1. The molecule has 1 aliphatic carbocycles. The molecule has 0 spiro atoms. The third-order valence-electron chi connectivity index (χ3n) is 3.80. The van der Waals surface area contributed by atoms with Gasteiger partial charge in [0.1, 0.15) is 6.54 Å². The number of carbonyl (C=O) groups excluding carboxylic acids is 2. The average Bonchev–Trinajstić information content (AvgIpc) is 3.19. The molecule has 1 heterocycles. The summed E-state index contributed by atoms with van der Waals surface area (Å²) in [7, 11) is 0. The second-order valence-corrected chi connectivity index (χ2v) is 6.48. The van der Waals surface area contributed by atoms with Gasteiger partial charge in [0.25, 0.3) is 5.91 Å². The molecule has 2 aromatic rings. The number of nitrogens with zero attached hydrogens (tertiary/aromatic N) is 4. The molecular formula is C15H17BrN6O2. The monoisotopic (exact) mass is 392 g/mol. The van der Waals surface area contributed by atoms with Gasteiger partial charge in [0, 0.05) is 16.1 Å². The zero-order valence-corrected chi connectivity index (χ0v) is 14.5. The van der Waals surface area contributed by atoms with E-state index in [4.69, 9.17) is 0 Å².